The molecule has 156 valence electrons. The first-order valence-corrected chi connectivity index (χ1v) is 13.1. The second kappa shape index (κ2) is 15.1. The van der Waals surface area contributed by atoms with Crippen molar-refractivity contribution in [2.45, 2.75) is 103 Å². The molecule has 0 aromatic carbocycles. The second-order valence-electron chi connectivity index (χ2n) is 8.13. The molecule has 0 unspecified atom stereocenters. The van der Waals surface area contributed by atoms with Gasteiger partial charge in [0.1, 0.15) is 0 Å². The van der Waals surface area contributed by atoms with Crippen LogP contribution in [-0.2, 0) is 13.6 Å². The predicted molar refractivity (Wildman–Crippen MR) is 112 cm³/mol. The van der Waals surface area contributed by atoms with Gasteiger partial charge in [-0.3, -0.25) is 4.57 Å². The highest BCUT2D eigenvalue weighted by Crippen LogP contribution is 2.46. The summed E-state index contributed by atoms with van der Waals surface area (Å²) in [5.74, 6) is 0. The van der Waals surface area contributed by atoms with Gasteiger partial charge in [0, 0.05) is 19.8 Å². The average molecular weight is 390 g/mol. The van der Waals surface area contributed by atoms with Gasteiger partial charge >= 0.3 is 7.60 Å². The number of hydrogen-bond acceptors (Lipinski definition) is 4. The summed E-state index contributed by atoms with van der Waals surface area (Å²) >= 11 is 0. The lowest BCUT2D eigenvalue weighted by Crippen LogP contribution is -2.35. The maximum Gasteiger partial charge on any atom is 0.327 e. The Morgan fingerprint density at radius 3 is 1.92 bits per heavy atom. The van der Waals surface area contributed by atoms with Crippen LogP contribution in [0.5, 0.6) is 0 Å². The van der Waals surface area contributed by atoms with Gasteiger partial charge in [-0.05, 0) is 13.5 Å². The molecule has 1 rings (SSSR count). The van der Waals surface area contributed by atoms with Crippen LogP contribution in [0.15, 0.2) is 0 Å². The standard InChI is InChI=1S/C21H44NO3P/c1-4-5-6-7-8-9-10-11-12-13-14-15-16-17-21-20-22(2)18-19-24-26(3,23)25-21/h21H,4-20H2,1-3H3/t21-,26+/m1/s1. The molecular weight excluding hydrogens is 345 g/mol. The van der Waals surface area contributed by atoms with Gasteiger partial charge < -0.3 is 13.9 Å². The minimum atomic E-state index is -2.85. The molecule has 2 atom stereocenters. The second-order valence-corrected chi connectivity index (χ2v) is 10.1. The molecule has 1 heterocycles. The Hall–Kier alpha value is 0.110. The fourth-order valence-electron chi connectivity index (χ4n) is 3.67. The first kappa shape index (κ1) is 24.1. The summed E-state index contributed by atoms with van der Waals surface area (Å²) in [5, 5.41) is 0. The molecule has 1 aliphatic heterocycles. The molecule has 26 heavy (non-hydrogen) atoms. The number of unbranched alkanes of at least 4 members (excludes halogenated alkanes) is 12. The van der Waals surface area contributed by atoms with E-state index in [-0.39, 0.29) is 6.10 Å². The van der Waals surface area contributed by atoms with Gasteiger partial charge in [-0.15, -0.1) is 0 Å². The van der Waals surface area contributed by atoms with Crippen molar-refractivity contribution >= 4 is 7.60 Å². The van der Waals surface area contributed by atoms with Crippen LogP contribution >= 0.6 is 7.60 Å². The van der Waals surface area contributed by atoms with E-state index in [9.17, 15) is 4.57 Å². The monoisotopic (exact) mass is 389 g/mol. The molecule has 0 amide bonds. The number of rotatable bonds is 14. The van der Waals surface area contributed by atoms with Crippen molar-refractivity contribution in [3.8, 4) is 0 Å². The topological polar surface area (TPSA) is 38.8 Å². The number of likely N-dealkylation sites (N-methyl/N-ethyl adjacent to an activating group) is 1. The molecule has 4 nitrogen and oxygen atoms in total. The van der Waals surface area contributed by atoms with E-state index in [1.165, 1.54) is 77.0 Å². The molecule has 1 aliphatic rings. The Morgan fingerprint density at radius 2 is 1.38 bits per heavy atom. The molecule has 0 spiro atoms. The van der Waals surface area contributed by atoms with Crippen molar-refractivity contribution in [1.29, 1.82) is 0 Å². The first-order chi connectivity index (χ1) is 12.5. The number of hydrogen-bond donors (Lipinski definition) is 0. The Morgan fingerprint density at radius 1 is 0.885 bits per heavy atom. The van der Waals surface area contributed by atoms with Crippen molar-refractivity contribution in [1.82, 2.24) is 4.90 Å². The first-order valence-electron chi connectivity index (χ1n) is 11.1. The maximum absolute atomic E-state index is 12.2. The smallest absolute Gasteiger partial charge is 0.307 e. The van der Waals surface area contributed by atoms with E-state index in [1.54, 1.807) is 6.66 Å². The van der Waals surface area contributed by atoms with Gasteiger partial charge in [0.05, 0.1) is 12.7 Å². The Labute approximate surface area is 162 Å². The van der Waals surface area contributed by atoms with Crippen LogP contribution < -0.4 is 0 Å². The van der Waals surface area contributed by atoms with Gasteiger partial charge in [0.15, 0.2) is 0 Å². The van der Waals surface area contributed by atoms with E-state index in [4.69, 9.17) is 9.05 Å². The molecular formula is C21H44NO3P. The summed E-state index contributed by atoms with van der Waals surface area (Å²) in [7, 11) is -0.775. The minimum Gasteiger partial charge on any atom is -0.307 e. The minimum absolute atomic E-state index is 0.0452. The highest BCUT2D eigenvalue weighted by atomic mass is 31.2. The zero-order valence-corrected chi connectivity index (χ0v) is 18.6. The fourth-order valence-corrected chi connectivity index (χ4v) is 4.86. The highest BCUT2D eigenvalue weighted by molar-refractivity contribution is 7.53. The third-order valence-electron chi connectivity index (χ3n) is 5.28. The van der Waals surface area contributed by atoms with Gasteiger partial charge in [-0.1, -0.05) is 90.4 Å². The summed E-state index contributed by atoms with van der Waals surface area (Å²) < 4.78 is 23.3. The van der Waals surface area contributed by atoms with Crippen LogP contribution in [0.1, 0.15) is 96.8 Å². The van der Waals surface area contributed by atoms with E-state index in [2.05, 4.69) is 18.9 Å². The average Bonchev–Trinajstić information content (AvgIpc) is 2.57. The normalized spacial score (nSPS) is 25.1. The quantitative estimate of drug-likeness (QED) is 0.247. The van der Waals surface area contributed by atoms with E-state index < -0.39 is 7.60 Å². The molecule has 1 fully saturated rings. The van der Waals surface area contributed by atoms with Crippen molar-refractivity contribution in [3.05, 3.63) is 0 Å². The van der Waals surface area contributed by atoms with Gasteiger partial charge in [-0.2, -0.15) is 0 Å². The maximum atomic E-state index is 12.2. The van der Waals surface area contributed by atoms with Gasteiger partial charge in [0.2, 0.25) is 0 Å². The Bertz CT molecular complexity index is 378. The van der Waals surface area contributed by atoms with E-state index in [1.807, 2.05) is 0 Å². The van der Waals surface area contributed by atoms with Crippen LogP contribution in [0.4, 0.5) is 0 Å². The molecule has 0 aliphatic carbocycles. The lowest BCUT2D eigenvalue weighted by Gasteiger charge is -2.30. The van der Waals surface area contributed by atoms with Crippen LogP contribution in [0.3, 0.4) is 0 Å². The molecule has 0 aromatic heterocycles. The predicted octanol–water partition coefficient (Wildman–Crippen LogP) is 6.64. The molecule has 0 saturated carbocycles. The summed E-state index contributed by atoms with van der Waals surface area (Å²) in [6.45, 7) is 6.07. The Balaban J connectivity index is 1.95. The SMILES string of the molecule is CCCCCCCCCCCCCCC[C@@H]1CN(C)CCO[P@](C)(=O)O1. The van der Waals surface area contributed by atoms with Crippen molar-refractivity contribution in [2.75, 3.05) is 33.4 Å². The van der Waals surface area contributed by atoms with E-state index in [0.717, 1.165) is 25.9 Å². The molecule has 5 heteroatoms. The van der Waals surface area contributed by atoms with Crippen molar-refractivity contribution in [3.63, 3.8) is 0 Å². The molecule has 0 N–H and O–H groups in total. The van der Waals surface area contributed by atoms with Crippen molar-refractivity contribution in [2.24, 2.45) is 0 Å². The summed E-state index contributed by atoms with van der Waals surface area (Å²) in [6, 6.07) is 0. The lowest BCUT2D eigenvalue weighted by atomic mass is 10.0. The van der Waals surface area contributed by atoms with E-state index in [0.29, 0.717) is 6.61 Å². The van der Waals surface area contributed by atoms with Crippen LogP contribution in [0.2, 0.25) is 0 Å². The van der Waals surface area contributed by atoms with Gasteiger partial charge in [0.25, 0.3) is 0 Å². The number of nitrogens with zero attached hydrogens (tertiary/aromatic N) is 1. The van der Waals surface area contributed by atoms with Crippen LogP contribution in [0, 0.1) is 0 Å². The van der Waals surface area contributed by atoms with E-state index >= 15 is 0 Å². The molecule has 1 saturated heterocycles. The largest absolute Gasteiger partial charge is 0.327 e. The molecule has 0 bridgehead atoms. The zero-order valence-electron chi connectivity index (χ0n) is 17.7. The third kappa shape index (κ3) is 13.3. The summed E-state index contributed by atoms with van der Waals surface area (Å²) in [6.07, 6.45) is 18.8. The molecule has 0 aromatic rings. The van der Waals surface area contributed by atoms with Gasteiger partial charge in [-0.25, -0.2) is 0 Å². The Kier molecular flexibility index (Phi) is 14.0. The zero-order chi connectivity index (χ0) is 19.1. The van der Waals surface area contributed by atoms with Crippen LogP contribution in [0.25, 0.3) is 0 Å². The summed E-state index contributed by atoms with van der Waals surface area (Å²) in [5.41, 5.74) is 0. The lowest BCUT2D eigenvalue weighted by molar-refractivity contribution is 0.0768. The fraction of sp³-hybridized carbons (Fsp3) is 1.00. The highest BCUT2D eigenvalue weighted by Gasteiger charge is 2.26. The summed E-state index contributed by atoms with van der Waals surface area (Å²) in [4.78, 5) is 2.21. The molecule has 0 radical (unpaired) electrons. The van der Waals surface area contributed by atoms with Crippen molar-refractivity contribution < 1.29 is 13.6 Å². The van der Waals surface area contributed by atoms with Crippen LogP contribution in [-0.4, -0.2) is 44.4 Å². The third-order valence-corrected chi connectivity index (χ3v) is 6.62.